The quantitative estimate of drug-likeness (QED) is 0.874. The highest BCUT2D eigenvalue weighted by molar-refractivity contribution is 7.09. The van der Waals surface area contributed by atoms with Crippen LogP contribution in [0.5, 0.6) is 0 Å². The molecule has 1 fully saturated rings. The van der Waals surface area contributed by atoms with Crippen molar-refractivity contribution in [2.75, 3.05) is 13.1 Å². The lowest BCUT2D eigenvalue weighted by Crippen LogP contribution is -2.37. The Hall–Kier alpha value is -0.450. The second kappa shape index (κ2) is 5.46. The Kier molecular flexibility index (Phi) is 4.17. The molecule has 0 spiro atoms. The molecule has 17 heavy (non-hydrogen) atoms. The van der Waals surface area contributed by atoms with Crippen LogP contribution in [0.3, 0.4) is 0 Å². The third kappa shape index (κ3) is 3.27. The van der Waals surface area contributed by atoms with Gasteiger partial charge in [-0.1, -0.05) is 6.92 Å². The van der Waals surface area contributed by atoms with E-state index in [9.17, 15) is 0 Å². The summed E-state index contributed by atoms with van der Waals surface area (Å²) in [5.41, 5.74) is 1.59. The Morgan fingerprint density at radius 2 is 2.35 bits per heavy atom. The molecule has 0 radical (unpaired) electrons. The van der Waals surface area contributed by atoms with Gasteiger partial charge < -0.3 is 5.32 Å². The van der Waals surface area contributed by atoms with Crippen LogP contribution in [-0.2, 0) is 13.1 Å². The molecule has 1 aromatic rings. The summed E-state index contributed by atoms with van der Waals surface area (Å²) in [5, 5.41) is 6.74. The van der Waals surface area contributed by atoms with E-state index in [0.29, 0.717) is 5.54 Å². The number of aromatic nitrogens is 1. The third-order valence-corrected chi connectivity index (χ3v) is 4.45. The summed E-state index contributed by atoms with van der Waals surface area (Å²) in [5.74, 6) is 0. The molecule has 2 rings (SSSR count). The Morgan fingerprint density at radius 3 is 3.00 bits per heavy atom. The van der Waals surface area contributed by atoms with E-state index in [1.54, 1.807) is 11.3 Å². The van der Waals surface area contributed by atoms with E-state index >= 15 is 0 Å². The second-order valence-corrected chi connectivity index (χ2v) is 6.29. The molecule has 0 atom stereocenters. The van der Waals surface area contributed by atoms with E-state index < -0.39 is 0 Å². The fourth-order valence-electron chi connectivity index (χ4n) is 2.39. The van der Waals surface area contributed by atoms with Crippen molar-refractivity contribution in [3.63, 3.8) is 0 Å². The average molecular weight is 253 g/mol. The van der Waals surface area contributed by atoms with Crippen LogP contribution in [0.15, 0.2) is 5.38 Å². The number of thiazole rings is 1. The summed E-state index contributed by atoms with van der Waals surface area (Å²) in [4.78, 5) is 7.25. The number of nitrogens with one attached hydrogen (secondary N) is 1. The molecule has 2 heterocycles. The fraction of sp³-hybridized carbons (Fsp3) is 0.769. The van der Waals surface area contributed by atoms with Gasteiger partial charge in [0.2, 0.25) is 0 Å². The number of hydrogen-bond acceptors (Lipinski definition) is 4. The molecule has 0 bridgehead atoms. The maximum atomic E-state index is 4.69. The normalized spacial score (nSPS) is 19.9. The minimum atomic E-state index is 0.353. The van der Waals surface area contributed by atoms with Gasteiger partial charge in [0.15, 0.2) is 0 Å². The zero-order valence-corrected chi connectivity index (χ0v) is 11.9. The molecule has 0 saturated carbocycles. The summed E-state index contributed by atoms with van der Waals surface area (Å²) in [7, 11) is 0. The Bertz CT molecular complexity index is 359. The van der Waals surface area contributed by atoms with Crippen LogP contribution in [0.25, 0.3) is 0 Å². The van der Waals surface area contributed by atoms with Crippen LogP contribution >= 0.6 is 11.3 Å². The van der Waals surface area contributed by atoms with E-state index in [-0.39, 0.29) is 0 Å². The molecule has 1 aliphatic rings. The molecule has 1 saturated heterocycles. The lowest BCUT2D eigenvalue weighted by molar-refractivity contribution is 0.165. The van der Waals surface area contributed by atoms with Crippen molar-refractivity contribution < 1.29 is 0 Å². The first-order chi connectivity index (χ1) is 8.12. The number of likely N-dealkylation sites (tertiary alicyclic amines) is 1. The van der Waals surface area contributed by atoms with Crippen molar-refractivity contribution in [3.8, 4) is 0 Å². The topological polar surface area (TPSA) is 28.2 Å². The molecule has 0 aliphatic carbocycles. The highest BCUT2D eigenvalue weighted by Gasteiger charge is 2.31. The Labute approximate surface area is 108 Å². The van der Waals surface area contributed by atoms with Crippen molar-refractivity contribution in [1.29, 1.82) is 0 Å². The van der Waals surface area contributed by atoms with Gasteiger partial charge in [0, 0.05) is 24.0 Å². The third-order valence-electron chi connectivity index (χ3n) is 3.55. The van der Waals surface area contributed by atoms with Crippen molar-refractivity contribution in [2.45, 2.75) is 52.2 Å². The lowest BCUT2D eigenvalue weighted by Gasteiger charge is -2.30. The van der Waals surface area contributed by atoms with Crippen molar-refractivity contribution >= 4 is 11.3 Å². The van der Waals surface area contributed by atoms with Gasteiger partial charge in [-0.25, -0.2) is 4.98 Å². The van der Waals surface area contributed by atoms with Gasteiger partial charge in [0.1, 0.15) is 5.01 Å². The van der Waals surface area contributed by atoms with Crippen molar-refractivity contribution in [1.82, 2.24) is 15.2 Å². The SMILES string of the molecule is CCNCc1nc(CN2CCCC2(C)C)cs1. The highest BCUT2D eigenvalue weighted by atomic mass is 32.1. The van der Waals surface area contributed by atoms with Crippen molar-refractivity contribution in [2.24, 2.45) is 0 Å². The van der Waals surface area contributed by atoms with Crippen LogP contribution < -0.4 is 5.32 Å². The van der Waals surface area contributed by atoms with Gasteiger partial charge in [0.25, 0.3) is 0 Å². The summed E-state index contributed by atoms with van der Waals surface area (Å²) in [6, 6.07) is 0. The molecule has 0 amide bonds. The van der Waals surface area contributed by atoms with Crippen molar-refractivity contribution in [3.05, 3.63) is 16.1 Å². The number of nitrogens with zero attached hydrogens (tertiary/aromatic N) is 2. The largest absolute Gasteiger partial charge is 0.311 e. The predicted molar refractivity (Wildman–Crippen MR) is 73.2 cm³/mol. The smallest absolute Gasteiger partial charge is 0.107 e. The molecule has 1 aliphatic heterocycles. The Balaban J connectivity index is 1.92. The van der Waals surface area contributed by atoms with E-state index in [2.05, 4.69) is 36.4 Å². The minimum absolute atomic E-state index is 0.353. The molecular weight excluding hydrogens is 230 g/mol. The second-order valence-electron chi connectivity index (χ2n) is 5.35. The molecule has 0 unspecified atom stereocenters. The van der Waals surface area contributed by atoms with Gasteiger partial charge >= 0.3 is 0 Å². The Morgan fingerprint density at radius 1 is 1.53 bits per heavy atom. The zero-order valence-electron chi connectivity index (χ0n) is 11.1. The van der Waals surface area contributed by atoms with Gasteiger partial charge in [-0.15, -0.1) is 11.3 Å². The summed E-state index contributed by atoms with van der Waals surface area (Å²) in [6.45, 7) is 10.9. The van der Waals surface area contributed by atoms with E-state index in [4.69, 9.17) is 4.98 Å². The minimum Gasteiger partial charge on any atom is -0.311 e. The molecular formula is C13H23N3S. The monoisotopic (exact) mass is 253 g/mol. The van der Waals surface area contributed by atoms with Crippen LogP contribution in [-0.4, -0.2) is 28.5 Å². The summed E-state index contributed by atoms with van der Waals surface area (Å²) < 4.78 is 0. The maximum absolute atomic E-state index is 4.69. The zero-order chi connectivity index (χ0) is 12.3. The first kappa shape index (κ1) is 13.0. The van der Waals surface area contributed by atoms with Gasteiger partial charge in [-0.3, -0.25) is 4.90 Å². The van der Waals surface area contributed by atoms with Gasteiger partial charge in [0.05, 0.1) is 5.69 Å². The lowest BCUT2D eigenvalue weighted by atomic mass is 10.0. The first-order valence-electron chi connectivity index (χ1n) is 6.51. The number of rotatable bonds is 5. The molecule has 1 aromatic heterocycles. The highest BCUT2D eigenvalue weighted by Crippen LogP contribution is 2.29. The summed E-state index contributed by atoms with van der Waals surface area (Å²) >= 11 is 1.77. The first-order valence-corrected chi connectivity index (χ1v) is 7.39. The van der Waals surface area contributed by atoms with Gasteiger partial charge in [-0.2, -0.15) is 0 Å². The van der Waals surface area contributed by atoms with Crippen LogP contribution in [0.4, 0.5) is 0 Å². The number of hydrogen-bond donors (Lipinski definition) is 1. The molecule has 4 heteroatoms. The van der Waals surface area contributed by atoms with Crippen LogP contribution in [0, 0.1) is 0 Å². The predicted octanol–water partition coefficient (Wildman–Crippen LogP) is 2.63. The van der Waals surface area contributed by atoms with Gasteiger partial charge in [-0.05, 0) is 39.8 Å². The van der Waals surface area contributed by atoms with E-state index in [1.807, 2.05) is 0 Å². The standard InChI is InChI=1S/C13H23N3S/c1-4-14-8-12-15-11(10-17-12)9-16-7-5-6-13(16,2)3/h10,14H,4-9H2,1-3H3. The fourth-order valence-corrected chi connectivity index (χ4v) is 3.14. The molecule has 1 N–H and O–H groups in total. The molecule has 3 nitrogen and oxygen atoms in total. The molecule has 0 aromatic carbocycles. The summed E-state index contributed by atoms with van der Waals surface area (Å²) in [6.07, 6.45) is 2.63. The van der Waals surface area contributed by atoms with Crippen LogP contribution in [0.2, 0.25) is 0 Å². The average Bonchev–Trinajstić information content (AvgIpc) is 2.84. The van der Waals surface area contributed by atoms with E-state index in [0.717, 1.165) is 19.6 Å². The maximum Gasteiger partial charge on any atom is 0.107 e. The van der Waals surface area contributed by atoms with E-state index in [1.165, 1.54) is 30.1 Å². The molecule has 96 valence electrons. The van der Waals surface area contributed by atoms with Crippen LogP contribution in [0.1, 0.15) is 44.3 Å².